The molecule has 1 aliphatic rings. The van der Waals surface area contributed by atoms with Crippen LogP contribution >= 0.6 is 12.4 Å². The summed E-state index contributed by atoms with van der Waals surface area (Å²) in [6, 6.07) is 0. The molecule has 1 aliphatic carbocycles. The lowest BCUT2D eigenvalue weighted by molar-refractivity contribution is -0.123. The van der Waals surface area contributed by atoms with Crippen LogP contribution in [0.25, 0.3) is 0 Å². The summed E-state index contributed by atoms with van der Waals surface area (Å²) in [6.07, 6.45) is 1.70. The maximum absolute atomic E-state index is 11.4. The summed E-state index contributed by atoms with van der Waals surface area (Å²) in [6.45, 7) is 6.48. The molecule has 5 heteroatoms. The van der Waals surface area contributed by atoms with Gasteiger partial charge in [-0.25, -0.2) is 0 Å². The van der Waals surface area contributed by atoms with Gasteiger partial charge in [-0.2, -0.15) is 0 Å². The number of carbonyl (C=O) groups is 1. The molecule has 0 aromatic rings. The fourth-order valence-electron chi connectivity index (χ4n) is 1.53. The molecule has 1 fully saturated rings. The second kappa shape index (κ2) is 5.34. The number of hydrogen-bond donors (Lipinski definition) is 3. The zero-order valence-electron chi connectivity index (χ0n) is 10.2. The molecule has 0 saturated heterocycles. The lowest BCUT2D eigenvalue weighted by Crippen LogP contribution is -2.45. The summed E-state index contributed by atoms with van der Waals surface area (Å²) < 4.78 is 0. The molecule has 0 aromatic carbocycles. The summed E-state index contributed by atoms with van der Waals surface area (Å²) in [5, 5.41) is 12.4. The molecule has 4 N–H and O–H groups in total. The van der Waals surface area contributed by atoms with Crippen LogP contribution in [0.15, 0.2) is 0 Å². The number of aliphatic hydroxyl groups excluding tert-OH is 1. The van der Waals surface area contributed by atoms with Crippen molar-refractivity contribution >= 4 is 18.3 Å². The normalized spacial score (nSPS) is 19.6. The third-order valence-electron chi connectivity index (χ3n) is 2.59. The van der Waals surface area contributed by atoms with Crippen molar-refractivity contribution in [2.24, 2.45) is 11.1 Å². The molecular formula is C11H23ClN2O2. The van der Waals surface area contributed by atoms with Gasteiger partial charge in [0.1, 0.15) is 0 Å². The van der Waals surface area contributed by atoms with Crippen molar-refractivity contribution in [3.63, 3.8) is 0 Å². The van der Waals surface area contributed by atoms with E-state index in [0.29, 0.717) is 13.0 Å². The fourth-order valence-corrected chi connectivity index (χ4v) is 1.53. The van der Waals surface area contributed by atoms with Crippen LogP contribution in [0.2, 0.25) is 0 Å². The summed E-state index contributed by atoms with van der Waals surface area (Å²) in [7, 11) is 0. The van der Waals surface area contributed by atoms with Gasteiger partial charge in [0.2, 0.25) is 5.91 Å². The van der Waals surface area contributed by atoms with Gasteiger partial charge in [0.05, 0.1) is 11.6 Å². The zero-order valence-corrected chi connectivity index (χ0v) is 11.1. The fraction of sp³-hybridized carbons (Fsp3) is 0.909. The Bertz CT molecular complexity index is 247. The number of nitrogens with two attached hydrogens (primary N) is 1. The topological polar surface area (TPSA) is 75.3 Å². The van der Waals surface area contributed by atoms with E-state index >= 15 is 0 Å². The highest BCUT2D eigenvalue weighted by Crippen LogP contribution is 2.32. The first kappa shape index (κ1) is 15.7. The Morgan fingerprint density at radius 3 is 2.38 bits per heavy atom. The molecule has 1 unspecified atom stereocenters. The van der Waals surface area contributed by atoms with E-state index in [1.165, 1.54) is 0 Å². The summed E-state index contributed by atoms with van der Waals surface area (Å²) in [4.78, 5) is 11.4. The van der Waals surface area contributed by atoms with Crippen molar-refractivity contribution in [1.29, 1.82) is 0 Å². The Balaban J connectivity index is 0.00000225. The van der Waals surface area contributed by atoms with Crippen molar-refractivity contribution in [3.05, 3.63) is 0 Å². The maximum atomic E-state index is 11.4. The molecular weight excluding hydrogens is 228 g/mol. The van der Waals surface area contributed by atoms with Gasteiger partial charge in [0.25, 0.3) is 0 Å². The van der Waals surface area contributed by atoms with Crippen LogP contribution in [0, 0.1) is 5.41 Å². The minimum atomic E-state index is -0.637. The molecule has 4 nitrogen and oxygen atoms in total. The summed E-state index contributed by atoms with van der Waals surface area (Å²) in [5.74, 6) is -0.129. The predicted octanol–water partition coefficient (Wildman–Crippen LogP) is 0.813. The van der Waals surface area contributed by atoms with Gasteiger partial charge >= 0.3 is 0 Å². The van der Waals surface area contributed by atoms with E-state index in [1.54, 1.807) is 0 Å². The van der Waals surface area contributed by atoms with Gasteiger partial charge < -0.3 is 16.2 Å². The number of rotatable bonds is 4. The molecule has 1 rings (SSSR count). The van der Waals surface area contributed by atoms with Crippen molar-refractivity contribution < 1.29 is 9.90 Å². The van der Waals surface area contributed by atoms with Gasteiger partial charge in [-0.05, 0) is 24.7 Å². The molecule has 1 atom stereocenters. The monoisotopic (exact) mass is 250 g/mol. The van der Waals surface area contributed by atoms with E-state index in [2.05, 4.69) is 26.1 Å². The van der Waals surface area contributed by atoms with E-state index in [1.807, 2.05) is 0 Å². The van der Waals surface area contributed by atoms with E-state index in [-0.39, 0.29) is 23.7 Å². The van der Waals surface area contributed by atoms with Crippen LogP contribution in [-0.4, -0.2) is 29.2 Å². The third-order valence-corrected chi connectivity index (χ3v) is 2.59. The Labute approximate surface area is 103 Å². The Kier molecular flexibility index (Phi) is 5.23. The number of nitrogens with one attached hydrogen (secondary N) is 1. The van der Waals surface area contributed by atoms with E-state index < -0.39 is 11.6 Å². The number of carbonyl (C=O) groups excluding carboxylic acids is 1. The molecule has 1 saturated carbocycles. The first-order chi connectivity index (χ1) is 6.73. The quantitative estimate of drug-likeness (QED) is 0.691. The lowest BCUT2D eigenvalue weighted by atomic mass is 9.89. The SMILES string of the molecule is CC(C)(C)CC(O)CNC(=O)C1(N)CC1.Cl. The minimum Gasteiger partial charge on any atom is -0.391 e. The van der Waals surface area contributed by atoms with E-state index in [9.17, 15) is 9.90 Å². The first-order valence-corrected chi connectivity index (χ1v) is 5.48. The molecule has 0 spiro atoms. The van der Waals surface area contributed by atoms with Crippen LogP contribution in [0.3, 0.4) is 0 Å². The van der Waals surface area contributed by atoms with Crippen molar-refractivity contribution in [2.45, 2.75) is 51.7 Å². The average Bonchev–Trinajstić information content (AvgIpc) is 2.77. The largest absolute Gasteiger partial charge is 0.391 e. The van der Waals surface area contributed by atoms with Gasteiger partial charge in [-0.15, -0.1) is 12.4 Å². The molecule has 96 valence electrons. The second-order valence-corrected chi connectivity index (χ2v) is 5.78. The summed E-state index contributed by atoms with van der Waals surface area (Å²) >= 11 is 0. The minimum absolute atomic E-state index is 0. The van der Waals surface area contributed by atoms with Gasteiger partial charge in [-0.3, -0.25) is 4.79 Å². The molecule has 0 aromatic heterocycles. The zero-order chi connectivity index (χ0) is 11.7. The highest BCUT2D eigenvalue weighted by atomic mass is 35.5. The van der Waals surface area contributed by atoms with Crippen LogP contribution in [0.4, 0.5) is 0 Å². The smallest absolute Gasteiger partial charge is 0.240 e. The van der Waals surface area contributed by atoms with Gasteiger partial charge in [-0.1, -0.05) is 20.8 Å². The number of aliphatic hydroxyl groups is 1. The van der Waals surface area contributed by atoms with Crippen LogP contribution in [-0.2, 0) is 4.79 Å². The molecule has 16 heavy (non-hydrogen) atoms. The van der Waals surface area contributed by atoms with Crippen LogP contribution in [0.1, 0.15) is 40.0 Å². The van der Waals surface area contributed by atoms with Crippen molar-refractivity contribution in [3.8, 4) is 0 Å². The number of halogens is 1. The standard InChI is InChI=1S/C11H22N2O2.ClH/c1-10(2,3)6-8(14)7-13-9(15)11(12)4-5-11;/h8,14H,4-7,12H2,1-3H3,(H,13,15);1H. The highest BCUT2D eigenvalue weighted by Gasteiger charge is 2.45. The molecule has 0 radical (unpaired) electrons. The Hall–Kier alpha value is -0.320. The van der Waals surface area contributed by atoms with Crippen molar-refractivity contribution in [1.82, 2.24) is 5.32 Å². The summed E-state index contributed by atoms with van der Waals surface area (Å²) in [5.41, 5.74) is 5.15. The first-order valence-electron chi connectivity index (χ1n) is 5.48. The Morgan fingerprint density at radius 1 is 1.50 bits per heavy atom. The third kappa shape index (κ3) is 5.14. The molecule has 0 heterocycles. The second-order valence-electron chi connectivity index (χ2n) is 5.78. The van der Waals surface area contributed by atoms with Crippen LogP contribution in [0.5, 0.6) is 0 Å². The van der Waals surface area contributed by atoms with Crippen LogP contribution < -0.4 is 11.1 Å². The molecule has 1 amide bonds. The van der Waals surface area contributed by atoms with Gasteiger partial charge in [0, 0.05) is 6.54 Å². The number of hydrogen-bond acceptors (Lipinski definition) is 3. The van der Waals surface area contributed by atoms with Gasteiger partial charge in [0.15, 0.2) is 0 Å². The van der Waals surface area contributed by atoms with Crippen molar-refractivity contribution in [2.75, 3.05) is 6.54 Å². The molecule has 0 aliphatic heterocycles. The maximum Gasteiger partial charge on any atom is 0.240 e. The average molecular weight is 251 g/mol. The van der Waals surface area contributed by atoms with E-state index in [4.69, 9.17) is 5.73 Å². The molecule has 0 bridgehead atoms. The lowest BCUT2D eigenvalue weighted by Gasteiger charge is -2.23. The van der Waals surface area contributed by atoms with E-state index in [0.717, 1.165) is 12.8 Å². The highest BCUT2D eigenvalue weighted by molar-refractivity contribution is 5.88. The Morgan fingerprint density at radius 2 is 2.00 bits per heavy atom. The predicted molar refractivity (Wildman–Crippen MR) is 66.5 cm³/mol. The number of amides is 1.